The molecule has 1 atom stereocenters. The standard InChI is InChI=1S/C15H19NO5/c1-3-9-20-11-13(14(17)19-2)16-15(18)21-10-12-7-5-4-6-8-12/h3-8,13H,1,9-11H2,2H3,(H,16,18)/t13-/m0/s1. The van der Waals surface area contributed by atoms with E-state index in [2.05, 4.69) is 16.6 Å². The van der Waals surface area contributed by atoms with Crippen LogP contribution in [0, 0.1) is 0 Å². The van der Waals surface area contributed by atoms with E-state index in [0.29, 0.717) is 0 Å². The highest BCUT2D eigenvalue weighted by Gasteiger charge is 2.22. The van der Waals surface area contributed by atoms with Crippen molar-refractivity contribution >= 4 is 12.1 Å². The zero-order chi connectivity index (χ0) is 15.5. The molecule has 1 rings (SSSR count). The van der Waals surface area contributed by atoms with Crippen LogP contribution in [0.5, 0.6) is 0 Å². The van der Waals surface area contributed by atoms with Gasteiger partial charge in [-0.05, 0) is 5.56 Å². The molecule has 0 heterocycles. The number of ether oxygens (including phenoxy) is 3. The van der Waals surface area contributed by atoms with Gasteiger partial charge < -0.3 is 19.5 Å². The van der Waals surface area contributed by atoms with Crippen molar-refractivity contribution in [3.8, 4) is 0 Å². The number of benzene rings is 1. The summed E-state index contributed by atoms with van der Waals surface area (Å²) in [4.78, 5) is 23.2. The predicted octanol–water partition coefficient (Wildman–Crippen LogP) is 1.66. The van der Waals surface area contributed by atoms with E-state index in [1.807, 2.05) is 30.3 Å². The van der Waals surface area contributed by atoms with Gasteiger partial charge in [0.1, 0.15) is 6.61 Å². The molecule has 0 aromatic heterocycles. The van der Waals surface area contributed by atoms with E-state index >= 15 is 0 Å². The molecule has 114 valence electrons. The number of hydrogen-bond acceptors (Lipinski definition) is 5. The minimum atomic E-state index is -0.918. The lowest BCUT2D eigenvalue weighted by atomic mass is 10.2. The topological polar surface area (TPSA) is 73.9 Å². The zero-order valence-corrected chi connectivity index (χ0v) is 11.9. The molecule has 0 spiro atoms. The summed E-state index contributed by atoms with van der Waals surface area (Å²) in [5, 5.41) is 2.40. The molecule has 0 fully saturated rings. The Labute approximate surface area is 123 Å². The van der Waals surface area contributed by atoms with Crippen molar-refractivity contribution in [1.82, 2.24) is 5.32 Å². The van der Waals surface area contributed by atoms with Crippen LogP contribution in [0.4, 0.5) is 4.79 Å². The van der Waals surface area contributed by atoms with E-state index in [1.54, 1.807) is 6.08 Å². The fraction of sp³-hybridized carbons (Fsp3) is 0.333. The average molecular weight is 293 g/mol. The second kappa shape index (κ2) is 9.55. The molecule has 0 unspecified atom stereocenters. The average Bonchev–Trinajstić information content (AvgIpc) is 2.52. The normalized spacial score (nSPS) is 11.3. The molecule has 1 aromatic carbocycles. The minimum absolute atomic E-state index is 0.0148. The molecular formula is C15H19NO5. The van der Waals surface area contributed by atoms with Crippen molar-refractivity contribution < 1.29 is 23.8 Å². The molecule has 0 aliphatic rings. The van der Waals surface area contributed by atoms with Gasteiger partial charge in [0.25, 0.3) is 0 Å². The number of alkyl carbamates (subject to hydrolysis) is 1. The monoisotopic (exact) mass is 293 g/mol. The van der Waals surface area contributed by atoms with Crippen molar-refractivity contribution in [2.45, 2.75) is 12.6 Å². The highest BCUT2D eigenvalue weighted by Crippen LogP contribution is 2.01. The Kier molecular flexibility index (Phi) is 7.60. The fourth-order valence-electron chi connectivity index (χ4n) is 1.49. The lowest BCUT2D eigenvalue weighted by Crippen LogP contribution is -2.44. The van der Waals surface area contributed by atoms with E-state index in [0.717, 1.165) is 5.56 Å². The lowest BCUT2D eigenvalue weighted by Gasteiger charge is -2.16. The Balaban J connectivity index is 2.43. The van der Waals surface area contributed by atoms with Gasteiger partial charge in [-0.15, -0.1) is 6.58 Å². The number of hydrogen-bond donors (Lipinski definition) is 1. The molecule has 6 nitrogen and oxygen atoms in total. The van der Waals surface area contributed by atoms with Crippen LogP contribution in [0.15, 0.2) is 43.0 Å². The number of nitrogens with one attached hydrogen (secondary N) is 1. The summed E-state index contributed by atoms with van der Waals surface area (Å²) < 4.78 is 14.8. The maximum atomic E-state index is 11.7. The molecule has 0 saturated heterocycles. The van der Waals surface area contributed by atoms with Crippen LogP contribution in [0.1, 0.15) is 5.56 Å². The molecule has 0 aliphatic carbocycles. The Morgan fingerprint density at radius 1 is 1.33 bits per heavy atom. The third kappa shape index (κ3) is 6.58. The van der Waals surface area contributed by atoms with Crippen LogP contribution in [0.3, 0.4) is 0 Å². The van der Waals surface area contributed by atoms with Gasteiger partial charge in [0, 0.05) is 0 Å². The summed E-state index contributed by atoms with van der Waals surface area (Å²) in [6.45, 7) is 3.87. The van der Waals surface area contributed by atoms with Crippen molar-refractivity contribution in [3.63, 3.8) is 0 Å². The summed E-state index contributed by atoms with van der Waals surface area (Å²) >= 11 is 0. The van der Waals surface area contributed by atoms with Crippen molar-refractivity contribution in [1.29, 1.82) is 0 Å². The Bertz CT molecular complexity index is 460. The molecule has 1 amide bonds. The summed E-state index contributed by atoms with van der Waals surface area (Å²) in [5.41, 5.74) is 0.852. The highest BCUT2D eigenvalue weighted by molar-refractivity contribution is 5.81. The fourth-order valence-corrected chi connectivity index (χ4v) is 1.49. The number of amides is 1. The van der Waals surface area contributed by atoms with Gasteiger partial charge in [-0.25, -0.2) is 9.59 Å². The number of methoxy groups -OCH3 is 1. The first-order chi connectivity index (χ1) is 10.2. The highest BCUT2D eigenvalue weighted by atomic mass is 16.6. The zero-order valence-electron chi connectivity index (χ0n) is 11.9. The smallest absolute Gasteiger partial charge is 0.408 e. The number of rotatable bonds is 8. The second-order valence-electron chi connectivity index (χ2n) is 4.11. The van der Waals surface area contributed by atoms with E-state index in [1.165, 1.54) is 7.11 Å². The third-order valence-electron chi connectivity index (χ3n) is 2.51. The Morgan fingerprint density at radius 2 is 2.05 bits per heavy atom. The Hall–Kier alpha value is -2.34. The minimum Gasteiger partial charge on any atom is -0.467 e. The maximum absolute atomic E-state index is 11.7. The molecule has 21 heavy (non-hydrogen) atoms. The van der Waals surface area contributed by atoms with E-state index in [4.69, 9.17) is 9.47 Å². The van der Waals surface area contributed by atoms with Crippen LogP contribution >= 0.6 is 0 Å². The summed E-state index contributed by atoms with van der Waals surface area (Å²) in [6.07, 6.45) is 0.832. The molecule has 0 bridgehead atoms. The van der Waals surface area contributed by atoms with Gasteiger partial charge in [0.2, 0.25) is 0 Å². The van der Waals surface area contributed by atoms with Gasteiger partial charge in [0.15, 0.2) is 6.04 Å². The van der Waals surface area contributed by atoms with Gasteiger partial charge in [-0.3, -0.25) is 0 Å². The van der Waals surface area contributed by atoms with Crippen LogP contribution in [-0.2, 0) is 25.6 Å². The van der Waals surface area contributed by atoms with E-state index < -0.39 is 18.1 Å². The van der Waals surface area contributed by atoms with Crippen LogP contribution in [0.2, 0.25) is 0 Å². The van der Waals surface area contributed by atoms with Gasteiger partial charge >= 0.3 is 12.1 Å². The molecule has 1 aromatic rings. The van der Waals surface area contributed by atoms with Crippen LogP contribution < -0.4 is 5.32 Å². The molecule has 1 N–H and O–H groups in total. The first-order valence-corrected chi connectivity index (χ1v) is 6.41. The lowest BCUT2D eigenvalue weighted by molar-refractivity contribution is -0.144. The molecule has 0 saturated carbocycles. The van der Waals surface area contributed by atoms with Crippen LogP contribution in [0.25, 0.3) is 0 Å². The summed E-state index contributed by atoms with van der Waals surface area (Å²) in [6, 6.07) is 8.30. The second-order valence-corrected chi connectivity index (χ2v) is 4.11. The number of carbonyl (C=O) groups excluding carboxylic acids is 2. The first kappa shape index (κ1) is 16.7. The van der Waals surface area contributed by atoms with Gasteiger partial charge in [-0.2, -0.15) is 0 Å². The van der Waals surface area contributed by atoms with E-state index in [-0.39, 0.29) is 19.8 Å². The molecule has 0 aliphatic heterocycles. The van der Waals surface area contributed by atoms with Crippen molar-refractivity contribution in [2.24, 2.45) is 0 Å². The first-order valence-electron chi connectivity index (χ1n) is 6.41. The maximum Gasteiger partial charge on any atom is 0.408 e. The summed E-state index contributed by atoms with van der Waals surface area (Å²) in [5.74, 6) is -0.601. The van der Waals surface area contributed by atoms with Crippen molar-refractivity contribution in [2.75, 3.05) is 20.3 Å². The number of carbonyl (C=O) groups is 2. The Morgan fingerprint density at radius 3 is 2.67 bits per heavy atom. The number of esters is 1. The molecular weight excluding hydrogens is 274 g/mol. The van der Waals surface area contributed by atoms with Gasteiger partial charge in [-0.1, -0.05) is 36.4 Å². The largest absolute Gasteiger partial charge is 0.467 e. The van der Waals surface area contributed by atoms with Gasteiger partial charge in [0.05, 0.1) is 20.3 Å². The molecule has 6 heteroatoms. The predicted molar refractivity (Wildman–Crippen MR) is 76.6 cm³/mol. The third-order valence-corrected chi connectivity index (χ3v) is 2.51. The molecule has 0 radical (unpaired) electrons. The quantitative estimate of drug-likeness (QED) is 0.448. The summed E-state index contributed by atoms with van der Waals surface area (Å²) in [7, 11) is 1.24. The van der Waals surface area contributed by atoms with Crippen molar-refractivity contribution in [3.05, 3.63) is 48.6 Å². The van der Waals surface area contributed by atoms with Crippen LogP contribution in [-0.4, -0.2) is 38.4 Å². The SMILES string of the molecule is C=CCOC[C@H](NC(=O)OCc1ccccc1)C(=O)OC. The van der Waals surface area contributed by atoms with E-state index in [9.17, 15) is 9.59 Å².